The van der Waals surface area contributed by atoms with Crippen LogP contribution >= 0.6 is 0 Å². The van der Waals surface area contributed by atoms with Gasteiger partial charge in [0.1, 0.15) is 5.65 Å². The minimum absolute atomic E-state index is 0.0395. The number of hydrogen-bond acceptors (Lipinski definition) is 2. The molecule has 1 atom stereocenters. The third kappa shape index (κ3) is 3.15. The van der Waals surface area contributed by atoms with Crippen molar-refractivity contribution in [1.29, 1.82) is 0 Å². The zero-order chi connectivity index (χ0) is 17.5. The lowest BCUT2D eigenvalue weighted by Gasteiger charge is -2.33. The fourth-order valence-corrected chi connectivity index (χ4v) is 3.05. The molecule has 8 heteroatoms. The predicted molar refractivity (Wildman–Crippen MR) is 80.7 cm³/mol. The van der Waals surface area contributed by atoms with E-state index >= 15 is 0 Å². The zero-order valence-corrected chi connectivity index (χ0v) is 12.9. The largest absolute Gasteiger partial charge is 0.454 e. The van der Waals surface area contributed by atoms with Gasteiger partial charge in [-0.25, -0.2) is 4.98 Å². The van der Waals surface area contributed by atoms with Gasteiger partial charge in [0, 0.05) is 36.4 Å². The molecular weight excluding hydrogens is 329 g/mol. The summed E-state index contributed by atoms with van der Waals surface area (Å²) in [4.78, 5) is 8.31. The van der Waals surface area contributed by atoms with Crippen LogP contribution in [0.4, 0.5) is 22.0 Å². The molecule has 0 aliphatic carbocycles. The Morgan fingerprint density at radius 2 is 2.04 bits per heavy atom. The summed E-state index contributed by atoms with van der Waals surface area (Å²) in [5, 5.41) is 0.820. The topological polar surface area (TPSA) is 31.9 Å². The molecule has 1 unspecified atom stereocenters. The highest BCUT2D eigenvalue weighted by atomic mass is 19.4. The zero-order valence-electron chi connectivity index (χ0n) is 12.9. The number of fused-ring (bicyclic) bond motifs is 1. The summed E-state index contributed by atoms with van der Waals surface area (Å²) in [5.41, 5.74) is 2.16. The summed E-state index contributed by atoms with van der Waals surface area (Å²) in [5.74, 6) is -4.85. The predicted octanol–water partition coefficient (Wildman–Crippen LogP) is 4.10. The molecule has 1 N–H and O–H groups in total. The van der Waals surface area contributed by atoms with E-state index in [4.69, 9.17) is 0 Å². The van der Waals surface area contributed by atoms with Crippen molar-refractivity contribution in [1.82, 2.24) is 14.9 Å². The van der Waals surface area contributed by atoms with E-state index in [-0.39, 0.29) is 19.0 Å². The average molecular weight is 345 g/mol. The van der Waals surface area contributed by atoms with E-state index in [1.54, 1.807) is 25.4 Å². The molecule has 0 bridgehead atoms. The van der Waals surface area contributed by atoms with Crippen LogP contribution in [0, 0.1) is 5.92 Å². The number of aromatic nitrogens is 2. The molecule has 0 amide bonds. The first-order valence-electron chi connectivity index (χ1n) is 7.47. The van der Waals surface area contributed by atoms with Crippen molar-refractivity contribution in [3.8, 4) is 0 Å². The fourth-order valence-electron chi connectivity index (χ4n) is 3.05. The fraction of sp³-hybridized carbons (Fsp3) is 0.438. The number of alkyl halides is 5. The minimum atomic E-state index is -5.54. The van der Waals surface area contributed by atoms with Crippen molar-refractivity contribution in [2.75, 3.05) is 19.6 Å². The summed E-state index contributed by atoms with van der Waals surface area (Å²) in [6, 6.07) is 3.59. The van der Waals surface area contributed by atoms with Crippen LogP contribution in [0.1, 0.15) is 12.5 Å². The Labute approximate surface area is 135 Å². The van der Waals surface area contributed by atoms with Gasteiger partial charge in [-0.15, -0.1) is 0 Å². The Balaban J connectivity index is 1.86. The van der Waals surface area contributed by atoms with Crippen LogP contribution in [0.2, 0.25) is 0 Å². The van der Waals surface area contributed by atoms with E-state index in [1.165, 1.54) is 0 Å². The average Bonchev–Trinajstić information content (AvgIpc) is 2.88. The third-order valence-electron chi connectivity index (χ3n) is 4.06. The number of halogens is 5. The van der Waals surface area contributed by atoms with E-state index in [0.29, 0.717) is 5.65 Å². The summed E-state index contributed by atoms with van der Waals surface area (Å²) in [7, 11) is 0. The van der Waals surface area contributed by atoms with Crippen molar-refractivity contribution in [3.63, 3.8) is 0 Å². The lowest BCUT2D eigenvalue weighted by atomic mass is 9.95. The van der Waals surface area contributed by atoms with Gasteiger partial charge >= 0.3 is 12.1 Å². The molecule has 24 heavy (non-hydrogen) atoms. The first-order valence-corrected chi connectivity index (χ1v) is 7.47. The smallest absolute Gasteiger partial charge is 0.346 e. The van der Waals surface area contributed by atoms with Gasteiger partial charge in [0.15, 0.2) is 0 Å². The molecule has 2 aromatic heterocycles. The second kappa shape index (κ2) is 5.84. The highest BCUT2D eigenvalue weighted by Crippen LogP contribution is 2.37. The number of hydrogen-bond donors (Lipinski definition) is 1. The monoisotopic (exact) mass is 345 g/mol. The first kappa shape index (κ1) is 16.9. The van der Waals surface area contributed by atoms with Crippen molar-refractivity contribution in [2.45, 2.75) is 19.0 Å². The Morgan fingerprint density at radius 1 is 1.29 bits per heavy atom. The van der Waals surface area contributed by atoms with Crippen LogP contribution < -0.4 is 0 Å². The maximum Gasteiger partial charge on any atom is 0.454 e. The number of aromatic amines is 1. The molecule has 0 aromatic carbocycles. The molecule has 1 aliphatic rings. The van der Waals surface area contributed by atoms with Gasteiger partial charge in [-0.05, 0) is 23.6 Å². The lowest BCUT2D eigenvalue weighted by molar-refractivity contribution is -0.286. The molecular formula is C16H16F5N3. The van der Waals surface area contributed by atoms with Crippen LogP contribution in [-0.4, -0.2) is 46.6 Å². The highest BCUT2D eigenvalue weighted by molar-refractivity contribution is 5.91. The molecule has 0 radical (unpaired) electrons. The molecule has 0 saturated heterocycles. The Hall–Kier alpha value is -1.96. The van der Waals surface area contributed by atoms with Crippen molar-refractivity contribution in [2.24, 2.45) is 5.92 Å². The molecule has 3 rings (SSSR count). The first-order chi connectivity index (χ1) is 11.2. The van der Waals surface area contributed by atoms with E-state index in [2.05, 4.69) is 9.97 Å². The maximum atomic E-state index is 13.4. The highest BCUT2D eigenvalue weighted by Gasteiger charge is 2.58. The SMILES string of the molecule is CC1C=C(c2c[nH]c3ncccc23)CN(CC(F)(F)C(F)(F)F)C1. The molecule has 0 spiro atoms. The minimum Gasteiger partial charge on any atom is -0.346 e. The van der Waals surface area contributed by atoms with Crippen molar-refractivity contribution in [3.05, 3.63) is 36.2 Å². The van der Waals surface area contributed by atoms with Gasteiger partial charge < -0.3 is 4.98 Å². The summed E-state index contributed by atoms with van der Waals surface area (Å²) < 4.78 is 64.1. The van der Waals surface area contributed by atoms with Gasteiger partial charge in [0.25, 0.3) is 0 Å². The Kier molecular flexibility index (Phi) is 4.11. The number of rotatable bonds is 3. The van der Waals surface area contributed by atoms with Gasteiger partial charge in [-0.1, -0.05) is 13.0 Å². The standard InChI is InChI=1S/C16H16F5N3/c1-10-5-11(13-6-23-14-12(13)3-2-4-22-14)8-24(7-10)9-15(17,18)16(19,20)21/h2-6,10H,7-9H2,1H3,(H,22,23). The van der Waals surface area contributed by atoms with Crippen LogP contribution in [-0.2, 0) is 0 Å². The number of nitrogens with zero attached hydrogens (tertiary/aromatic N) is 2. The van der Waals surface area contributed by atoms with Gasteiger partial charge in [0.2, 0.25) is 0 Å². The van der Waals surface area contributed by atoms with E-state index in [1.807, 2.05) is 12.1 Å². The second-order valence-electron chi connectivity index (χ2n) is 6.14. The van der Waals surface area contributed by atoms with Crippen LogP contribution in [0.3, 0.4) is 0 Å². The van der Waals surface area contributed by atoms with Gasteiger partial charge in [-0.3, -0.25) is 4.90 Å². The Bertz CT molecular complexity index is 762. The van der Waals surface area contributed by atoms with E-state index < -0.39 is 18.6 Å². The third-order valence-corrected chi connectivity index (χ3v) is 4.06. The van der Waals surface area contributed by atoms with Crippen LogP contribution in [0.5, 0.6) is 0 Å². The summed E-state index contributed by atoms with van der Waals surface area (Å²) in [6.45, 7) is 0.664. The molecule has 3 heterocycles. The number of H-pyrrole nitrogens is 1. The number of pyridine rings is 1. The summed E-state index contributed by atoms with van der Waals surface area (Å²) in [6.07, 6.45) is -0.293. The maximum absolute atomic E-state index is 13.4. The molecule has 3 nitrogen and oxygen atoms in total. The number of nitrogens with one attached hydrogen (secondary N) is 1. The van der Waals surface area contributed by atoms with E-state index in [0.717, 1.165) is 21.4 Å². The van der Waals surface area contributed by atoms with Gasteiger partial charge in [-0.2, -0.15) is 22.0 Å². The molecule has 1 aliphatic heterocycles. The van der Waals surface area contributed by atoms with Crippen molar-refractivity contribution >= 4 is 16.6 Å². The van der Waals surface area contributed by atoms with Gasteiger partial charge in [0.05, 0.1) is 6.54 Å². The molecule has 0 saturated carbocycles. The quantitative estimate of drug-likeness (QED) is 0.850. The van der Waals surface area contributed by atoms with E-state index in [9.17, 15) is 22.0 Å². The van der Waals surface area contributed by atoms with Crippen LogP contribution in [0.15, 0.2) is 30.6 Å². The normalized spacial score (nSPS) is 20.4. The van der Waals surface area contributed by atoms with Crippen molar-refractivity contribution < 1.29 is 22.0 Å². The molecule has 2 aromatic rings. The molecule has 0 fully saturated rings. The Morgan fingerprint density at radius 3 is 2.75 bits per heavy atom. The lowest BCUT2D eigenvalue weighted by Crippen LogP contribution is -2.49. The molecule has 130 valence electrons. The second-order valence-corrected chi connectivity index (χ2v) is 6.14. The summed E-state index contributed by atoms with van der Waals surface area (Å²) >= 11 is 0. The van der Waals surface area contributed by atoms with Crippen LogP contribution in [0.25, 0.3) is 16.6 Å².